The van der Waals surface area contributed by atoms with Gasteiger partial charge >= 0.3 is 11.9 Å². The van der Waals surface area contributed by atoms with Crippen LogP contribution in [-0.4, -0.2) is 37.0 Å². The number of benzene rings is 2. The third kappa shape index (κ3) is 4.05. The van der Waals surface area contributed by atoms with Gasteiger partial charge in [-0.15, -0.1) is 0 Å². The molecule has 1 aliphatic heterocycles. The van der Waals surface area contributed by atoms with Crippen LogP contribution in [0.15, 0.2) is 67.3 Å². The zero-order chi connectivity index (χ0) is 21.8. The smallest absolute Gasteiger partial charge is 0.338 e. The molecule has 152 valence electrons. The van der Waals surface area contributed by atoms with E-state index in [1.54, 1.807) is 6.92 Å². The number of anilines is 1. The minimum absolute atomic E-state index is 0.0378. The Kier molecular flexibility index (Phi) is 5.92. The molecule has 0 radical (unpaired) electrons. The largest absolute Gasteiger partial charge is 0.458 e. The summed E-state index contributed by atoms with van der Waals surface area (Å²) in [6, 6.07) is 10.1. The van der Waals surface area contributed by atoms with Crippen molar-refractivity contribution in [1.29, 1.82) is 0 Å². The molecular formula is C23H19NO6. The second kappa shape index (κ2) is 8.57. The molecule has 0 spiro atoms. The molecule has 0 aliphatic carbocycles. The first kappa shape index (κ1) is 20.7. The fourth-order valence-electron chi connectivity index (χ4n) is 2.84. The van der Waals surface area contributed by atoms with Gasteiger partial charge in [0.05, 0.1) is 27.9 Å². The minimum Gasteiger partial charge on any atom is -0.458 e. The van der Waals surface area contributed by atoms with E-state index < -0.39 is 23.8 Å². The fourth-order valence-corrected chi connectivity index (χ4v) is 2.84. The number of hydrogen-bond acceptors (Lipinski definition) is 6. The summed E-state index contributed by atoms with van der Waals surface area (Å²) < 4.78 is 10.0. The average Bonchev–Trinajstić information content (AvgIpc) is 3.00. The number of fused-ring (bicyclic) bond motifs is 1. The van der Waals surface area contributed by atoms with Crippen LogP contribution in [0.3, 0.4) is 0 Å². The summed E-state index contributed by atoms with van der Waals surface area (Å²) in [4.78, 5) is 50.6. The van der Waals surface area contributed by atoms with Gasteiger partial charge in [0.25, 0.3) is 11.8 Å². The molecule has 0 N–H and O–H groups in total. The monoisotopic (exact) mass is 405 g/mol. The summed E-state index contributed by atoms with van der Waals surface area (Å²) in [6.45, 7) is 9.02. The second-order valence-corrected chi connectivity index (χ2v) is 6.67. The number of amides is 2. The molecule has 0 saturated heterocycles. The quantitative estimate of drug-likeness (QED) is 0.397. The van der Waals surface area contributed by atoms with Crippen LogP contribution < -0.4 is 4.90 Å². The summed E-state index contributed by atoms with van der Waals surface area (Å²) in [5, 5.41) is 0. The van der Waals surface area contributed by atoms with E-state index in [1.807, 2.05) is 0 Å². The van der Waals surface area contributed by atoms with Gasteiger partial charge < -0.3 is 9.47 Å². The third-order valence-corrected chi connectivity index (χ3v) is 4.27. The number of carbonyl (C=O) groups is 4. The summed E-state index contributed by atoms with van der Waals surface area (Å²) in [5.41, 5.74) is 1.74. The zero-order valence-electron chi connectivity index (χ0n) is 16.3. The molecule has 3 rings (SSSR count). The Hall–Kier alpha value is -4.00. The molecule has 0 atom stereocenters. The molecule has 0 fully saturated rings. The third-order valence-electron chi connectivity index (χ3n) is 4.27. The zero-order valence-corrected chi connectivity index (χ0v) is 16.3. The van der Waals surface area contributed by atoms with Crippen LogP contribution in [0.25, 0.3) is 0 Å². The van der Waals surface area contributed by atoms with E-state index in [2.05, 4.69) is 13.2 Å². The van der Waals surface area contributed by atoms with E-state index in [4.69, 9.17) is 9.47 Å². The maximum absolute atomic E-state index is 12.8. The highest BCUT2D eigenvalue weighted by molar-refractivity contribution is 6.34. The normalized spacial score (nSPS) is 12.4. The molecule has 1 aliphatic rings. The van der Waals surface area contributed by atoms with Crippen LogP contribution in [0.1, 0.15) is 48.4 Å². The highest BCUT2D eigenvalue weighted by atomic mass is 16.5. The van der Waals surface area contributed by atoms with Gasteiger partial charge in [-0.05, 0) is 55.0 Å². The van der Waals surface area contributed by atoms with E-state index in [0.717, 1.165) is 4.90 Å². The van der Waals surface area contributed by atoms with E-state index in [-0.39, 0.29) is 35.5 Å². The van der Waals surface area contributed by atoms with Gasteiger partial charge in [-0.3, -0.25) is 9.59 Å². The molecule has 0 saturated carbocycles. The molecular weight excluding hydrogens is 386 g/mol. The van der Waals surface area contributed by atoms with E-state index in [1.165, 1.54) is 48.5 Å². The maximum atomic E-state index is 12.8. The Labute approximate surface area is 173 Å². The van der Waals surface area contributed by atoms with Gasteiger partial charge in [0.2, 0.25) is 0 Å². The van der Waals surface area contributed by atoms with Crippen molar-refractivity contribution in [2.45, 2.75) is 6.92 Å². The molecule has 7 nitrogen and oxygen atoms in total. The van der Waals surface area contributed by atoms with Crippen LogP contribution >= 0.6 is 0 Å². The predicted octanol–water partition coefficient (Wildman–Crippen LogP) is 3.56. The lowest BCUT2D eigenvalue weighted by molar-refractivity contribution is 0.0535. The predicted molar refractivity (Wildman–Crippen MR) is 110 cm³/mol. The van der Waals surface area contributed by atoms with E-state index >= 15 is 0 Å². The lowest BCUT2D eigenvalue weighted by Crippen LogP contribution is -2.29. The molecule has 7 heteroatoms. The summed E-state index contributed by atoms with van der Waals surface area (Å²) in [5.74, 6) is -2.23. The molecule has 0 unspecified atom stereocenters. The number of carbonyl (C=O) groups excluding carboxylic acids is 4. The van der Waals surface area contributed by atoms with E-state index in [0.29, 0.717) is 11.3 Å². The highest BCUT2D eigenvalue weighted by Gasteiger charge is 2.37. The number of rotatable bonds is 7. The van der Waals surface area contributed by atoms with Crippen molar-refractivity contribution in [1.82, 2.24) is 0 Å². The highest BCUT2D eigenvalue weighted by Crippen LogP contribution is 2.29. The Morgan fingerprint density at radius 2 is 1.53 bits per heavy atom. The van der Waals surface area contributed by atoms with Crippen molar-refractivity contribution in [3.63, 3.8) is 0 Å². The molecule has 1 heterocycles. The number of imide groups is 1. The van der Waals surface area contributed by atoms with E-state index in [9.17, 15) is 19.2 Å². The summed E-state index contributed by atoms with van der Waals surface area (Å²) in [6.07, 6.45) is 1.43. The van der Waals surface area contributed by atoms with Crippen LogP contribution in [0.5, 0.6) is 0 Å². The van der Waals surface area contributed by atoms with Crippen molar-refractivity contribution in [3.8, 4) is 0 Å². The van der Waals surface area contributed by atoms with Gasteiger partial charge in [-0.25, -0.2) is 14.5 Å². The molecule has 0 bridgehead atoms. The molecule has 30 heavy (non-hydrogen) atoms. The Morgan fingerprint density at radius 3 is 2.17 bits per heavy atom. The van der Waals surface area contributed by atoms with Crippen LogP contribution in [-0.2, 0) is 9.47 Å². The van der Waals surface area contributed by atoms with Crippen molar-refractivity contribution in [3.05, 3.63) is 89.5 Å². The number of ether oxygens (including phenoxy) is 2. The van der Waals surface area contributed by atoms with Gasteiger partial charge in [-0.1, -0.05) is 19.2 Å². The molecule has 2 amide bonds. The van der Waals surface area contributed by atoms with Gasteiger partial charge in [0.15, 0.2) is 0 Å². The fraction of sp³-hybridized carbons (Fsp3) is 0.130. The van der Waals surface area contributed by atoms with Crippen LogP contribution in [0.4, 0.5) is 5.69 Å². The number of esters is 2. The van der Waals surface area contributed by atoms with Crippen molar-refractivity contribution in [2.75, 3.05) is 18.1 Å². The van der Waals surface area contributed by atoms with Crippen LogP contribution in [0, 0.1) is 0 Å². The Bertz CT molecular complexity index is 1070. The molecule has 0 aromatic heterocycles. The Morgan fingerprint density at radius 1 is 0.933 bits per heavy atom. The molecule has 2 aromatic rings. The maximum Gasteiger partial charge on any atom is 0.338 e. The number of hydrogen-bond donors (Lipinski definition) is 0. The van der Waals surface area contributed by atoms with Gasteiger partial charge in [0, 0.05) is 0 Å². The first-order chi connectivity index (χ1) is 14.3. The first-order valence-electron chi connectivity index (χ1n) is 9.06. The summed E-state index contributed by atoms with van der Waals surface area (Å²) >= 11 is 0. The van der Waals surface area contributed by atoms with Crippen molar-refractivity contribution in [2.24, 2.45) is 0 Å². The second-order valence-electron chi connectivity index (χ2n) is 6.67. The Balaban J connectivity index is 1.82. The lowest BCUT2D eigenvalue weighted by Gasteiger charge is -2.14. The average molecular weight is 405 g/mol. The van der Waals surface area contributed by atoms with Gasteiger partial charge in [0.1, 0.15) is 13.2 Å². The van der Waals surface area contributed by atoms with Gasteiger partial charge in [-0.2, -0.15) is 0 Å². The first-order valence-corrected chi connectivity index (χ1v) is 9.06. The standard InChI is InChI=1S/C23H19NO6/c1-4-11-29-23(28)16-7-10-18-19(12-16)21(26)24(20(18)25)17-8-5-15(6-9-17)22(27)30-13-14(2)3/h4-10,12H,1-2,11,13H2,3H3. The lowest BCUT2D eigenvalue weighted by atomic mass is 10.1. The van der Waals surface area contributed by atoms with Crippen molar-refractivity contribution >= 4 is 29.4 Å². The van der Waals surface area contributed by atoms with Crippen molar-refractivity contribution < 1.29 is 28.7 Å². The SMILES string of the molecule is C=CCOC(=O)c1ccc2c(c1)C(=O)N(c1ccc(C(=O)OCC(=C)C)cc1)C2=O. The molecule has 2 aromatic carbocycles. The number of nitrogens with zero attached hydrogens (tertiary/aromatic N) is 1. The van der Waals surface area contributed by atoms with Crippen LogP contribution in [0.2, 0.25) is 0 Å². The minimum atomic E-state index is -0.617. The topological polar surface area (TPSA) is 90.0 Å². The summed E-state index contributed by atoms with van der Waals surface area (Å²) in [7, 11) is 0.